The van der Waals surface area contributed by atoms with Crippen LogP contribution in [0.15, 0.2) is 55.0 Å². The lowest BCUT2D eigenvalue weighted by Crippen LogP contribution is -2.17. The zero-order chi connectivity index (χ0) is 20.3. The molecule has 0 unspecified atom stereocenters. The summed E-state index contributed by atoms with van der Waals surface area (Å²) in [5.41, 5.74) is 3.36. The Kier molecular flexibility index (Phi) is 5.35. The maximum absolute atomic E-state index is 12.6. The van der Waals surface area contributed by atoms with Crippen LogP contribution in [0, 0.1) is 6.92 Å². The fraction of sp³-hybridized carbons (Fsp3) is 0.143. The van der Waals surface area contributed by atoms with E-state index in [1.165, 1.54) is 13.1 Å². The van der Waals surface area contributed by atoms with Crippen molar-refractivity contribution in [2.75, 3.05) is 10.6 Å². The van der Waals surface area contributed by atoms with E-state index in [1.54, 1.807) is 60.4 Å². The van der Waals surface area contributed by atoms with Gasteiger partial charge in [-0.3, -0.25) is 14.4 Å². The van der Waals surface area contributed by atoms with Gasteiger partial charge < -0.3 is 15.2 Å². The number of ketones is 1. The summed E-state index contributed by atoms with van der Waals surface area (Å²) in [6, 6.07) is 11.8. The number of carbonyl (C=O) groups excluding carboxylic acids is 3. The summed E-state index contributed by atoms with van der Waals surface area (Å²) in [4.78, 5) is 40.2. The molecule has 7 nitrogen and oxygen atoms in total. The van der Waals surface area contributed by atoms with E-state index in [2.05, 4.69) is 15.6 Å². The van der Waals surface area contributed by atoms with Gasteiger partial charge in [0.1, 0.15) is 5.69 Å². The zero-order valence-electron chi connectivity index (χ0n) is 15.8. The Balaban J connectivity index is 1.76. The van der Waals surface area contributed by atoms with Crippen LogP contribution in [0.2, 0.25) is 0 Å². The molecular formula is C21H20N4O3. The first kappa shape index (κ1) is 19.0. The minimum absolute atomic E-state index is 0.0368. The third-order valence-electron chi connectivity index (χ3n) is 4.35. The molecular weight excluding hydrogens is 356 g/mol. The van der Waals surface area contributed by atoms with Gasteiger partial charge >= 0.3 is 0 Å². The number of Topliss-reactive ketones (excluding diaryl/α,β-unsaturated/α-hetero) is 1. The predicted molar refractivity (Wildman–Crippen MR) is 107 cm³/mol. The molecule has 0 radical (unpaired) electrons. The maximum atomic E-state index is 12.6. The van der Waals surface area contributed by atoms with Gasteiger partial charge in [-0.25, -0.2) is 4.98 Å². The van der Waals surface area contributed by atoms with Gasteiger partial charge in [-0.1, -0.05) is 6.07 Å². The van der Waals surface area contributed by atoms with E-state index in [-0.39, 0.29) is 17.6 Å². The molecule has 28 heavy (non-hydrogen) atoms. The molecule has 0 aliphatic heterocycles. The number of nitrogens with zero attached hydrogens (tertiary/aromatic N) is 2. The first-order chi connectivity index (χ1) is 13.3. The second kappa shape index (κ2) is 7.87. The van der Waals surface area contributed by atoms with Crippen molar-refractivity contribution >= 4 is 29.0 Å². The molecule has 2 amide bonds. The van der Waals surface area contributed by atoms with E-state index in [9.17, 15) is 14.4 Å². The van der Waals surface area contributed by atoms with Crippen LogP contribution in [0.4, 0.5) is 11.4 Å². The number of benzene rings is 2. The fourth-order valence-electron chi connectivity index (χ4n) is 2.65. The van der Waals surface area contributed by atoms with Crippen LogP contribution in [-0.2, 0) is 7.05 Å². The van der Waals surface area contributed by atoms with Crippen LogP contribution in [0.3, 0.4) is 0 Å². The van der Waals surface area contributed by atoms with Crippen molar-refractivity contribution in [1.29, 1.82) is 0 Å². The van der Waals surface area contributed by atoms with Crippen LogP contribution in [0.25, 0.3) is 0 Å². The van der Waals surface area contributed by atoms with Gasteiger partial charge in [-0.2, -0.15) is 0 Å². The molecule has 7 heteroatoms. The quantitative estimate of drug-likeness (QED) is 0.667. The number of hydrogen-bond acceptors (Lipinski definition) is 4. The molecule has 0 fully saturated rings. The summed E-state index contributed by atoms with van der Waals surface area (Å²) in [5, 5.41) is 5.60. The highest BCUT2D eigenvalue weighted by atomic mass is 16.2. The number of amides is 2. The molecule has 1 aromatic heterocycles. The van der Waals surface area contributed by atoms with E-state index in [0.717, 1.165) is 5.56 Å². The number of imidazole rings is 1. The van der Waals surface area contributed by atoms with Gasteiger partial charge in [0, 0.05) is 29.5 Å². The van der Waals surface area contributed by atoms with Gasteiger partial charge in [0.15, 0.2) is 5.78 Å². The summed E-state index contributed by atoms with van der Waals surface area (Å²) >= 11 is 0. The summed E-state index contributed by atoms with van der Waals surface area (Å²) in [5.74, 6) is -0.655. The Labute approximate surface area is 162 Å². The number of nitrogens with one attached hydrogen (secondary N) is 2. The van der Waals surface area contributed by atoms with Gasteiger partial charge in [0.2, 0.25) is 0 Å². The summed E-state index contributed by atoms with van der Waals surface area (Å²) in [7, 11) is 1.73. The fourth-order valence-corrected chi connectivity index (χ4v) is 2.65. The average Bonchev–Trinajstić information content (AvgIpc) is 3.10. The lowest BCUT2D eigenvalue weighted by Gasteiger charge is -2.11. The van der Waals surface area contributed by atoms with Crippen LogP contribution in [0.1, 0.15) is 43.7 Å². The monoisotopic (exact) mass is 376 g/mol. The van der Waals surface area contributed by atoms with Gasteiger partial charge in [0.25, 0.3) is 11.8 Å². The molecule has 142 valence electrons. The lowest BCUT2D eigenvalue weighted by atomic mass is 10.1. The second-order valence-corrected chi connectivity index (χ2v) is 6.46. The highest BCUT2D eigenvalue weighted by molar-refractivity contribution is 6.07. The van der Waals surface area contributed by atoms with E-state index in [4.69, 9.17) is 0 Å². The molecule has 0 spiro atoms. The van der Waals surface area contributed by atoms with Crippen molar-refractivity contribution in [2.45, 2.75) is 13.8 Å². The Hall–Kier alpha value is -3.74. The van der Waals surface area contributed by atoms with Crippen molar-refractivity contribution in [3.8, 4) is 0 Å². The molecule has 0 saturated heterocycles. The topological polar surface area (TPSA) is 93.1 Å². The molecule has 2 N–H and O–H groups in total. The van der Waals surface area contributed by atoms with Crippen molar-refractivity contribution in [1.82, 2.24) is 9.55 Å². The van der Waals surface area contributed by atoms with Crippen LogP contribution in [-0.4, -0.2) is 27.1 Å². The Morgan fingerprint density at radius 3 is 2.21 bits per heavy atom. The molecule has 0 aliphatic rings. The predicted octanol–water partition coefficient (Wildman–Crippen LogP) is 3.44. The van der Waals surface area contributed by atoms with Crippen LogP contribution in [0.5, 0.6) is 0 Å². The normalized spacial score (nSPS) is 10.4. The molecule has 0 aliphatic carbocycles. The molecule has 0 atom stereocenters. The third-order valence-corrected chi connectivity index (χ3v) is 4.35. The molecule has 3 rings (SSSR count). The van der Waals surface area contributed by atoms with E-state index in [1.807, 2.05) is 6.92 Å². The van der Waals surface area contributed by atoms with E-state index >= 15 is 0 Å². The number of aromatic nitrogens is 2. The van der Waals surface area contributed by atoms with Gasteiger partial charge in [0.05, 0.1) is 12.5 Å². The highest BCUT2D eigenvalue weighted by Crippen LogP contribution is 2.19. The first-order valence-corrected chi connectivity index (χ1v) is 8.66. The van der Waals surface area contributed by atoms with Gasteiger partial charge in [-0.05, 0) is 55.8 Å². The number of hydrogen-bond donors (Lipinski definition) is 2. The first-order valence-electron chi connectivity index (χ1n) is 8.66. The van der Waals surface area contributed by atoms with Crippen molar-refractivity contribution in [3.05, 3.63) is 77.4 Å². The van der Waals surface area contributed by atoms with Gasteiger partial charge in [-0.15, -0.1) is 0 Å². The second-order valence-electron chi connectivity index (χ2n) is 6.46. The summed E-state index contributed by atoms with van der Waals surface area (Å²) in [6.07, 6.45) is 3.02. The Morgan fingerprint density at radius 1 is 0.929 bits per heavy atom. The van der Waals surface area contributed by atoms with Crippen molar-refractivity contribution < 1.29 is 14.4 Å². The van der Waals surface area contributed by atoms with Crippen LogP contribution >= 0.6 is 0 Å². The molecule has 2 aromatic carbocycles. The average molecular weight is 376 g/mol. The molecule has 1 heterocycles. The minimum atomic E-state index is -0.313. The zero-order valence-corrected chi connectivity index (χ0v) is 15.8. The number of carbonyl (C=O) groups is 3. The standard InChI is InChI=1S/C21H20N4O3/c1-13-4-5-16(10-18(13)24-21(28)19-11-22-12-25(19)3)20(27)23-17-8-6-15(7-9-17)14(2)26/h4-12H,1-3H3,(H,23,27)(H,24,28). The third kappa shape index (κ3) is 4.15. The molecule has 0 bridgehead atoms. The Bertz CT molecular complexity index is 1050. The number of aryl methyl sites for hydroxylation is 2. The van der Waals surface area contributed by atoms with E-state index < -0.39 is 0 Å². The number of anilines is 2. The summed E-state index contributed by atoms with van der Waals surface area (Å²) < 4.78 is 1.62. The van der Waals surface area contributed by atoms with Crippen LogP contribution < -0.4 is 10.6 Å². The maximum Gasteiger partial charge on any atom is 0.273 e. The van der Waals surface area contributed by atoms with Crippen molar-refractivity contribution in [3.63, 3.8) is 0 Å². The minimum Gasteiger partial charge on any atom is -0.330 e. The lowest BCUT2D eigenvalue weighted by molar-refractivity contribution is 0.101. The number of rotatable bonds is 5. The SMILES string of the molecule is CC(=O)c1ccc(NC(=O)c2ccc(C)c(NC(=O)c3cncn3C)c2)cc1. The Morgan fingerprint density at radius 2 is 1.61 bits per heavy atom. The highest BCUT2D eigenvalue weighted by Gasteiger charge is 2.14. The molecule has 0 saturated carbocycles. The largest absolute Gasteiger partial charge is 0.330 e. The summed E-state index contributed by atoms with van der Waals surface area (Å²) in [6.45, 7) is 3.34. The van der Waals surface area contributed by atoms with Crippen molar-refractivity contribution in [2.24, 2.45) is 7.05 Å². The molecule has 3 aromatic rings. The van der Waals surface area contributed by atoms with E-state index in [0.29, 0.717) is 28.2 Å². The smallest absolute Gasteiger partial charge is 0.273 e.